The topological polar surface area (TPSA) is 118 Å². The molecule has 5 rings (SSSR count). The molecule has 5 aliphatic heterocycles. The van der Waals surface area contributed by atoms with E-state index >= 15 is 0 Å². The van der Waals surface area contributed by atoms with E-state index in [0.29, 0.717) is 19.3 Å². The fourth-order valence-corrected chi connectivity index (χ4v) is 9.77. The summed E-state index contributed by atoms with van der Waals surface area (Å²) in [4.78, 5) is 16.4. The monoisotopic (exact) mass is 697 g/mol. The van der Waals surface area contributed by atoms with Gasteiger partial charge < -0.3 is 47.9 Å². The van der Waals surface area contributed by atoms with Crippen molar-refractivity contribution < 1.29 is 47.8 Å². The zero-order chi connectivity index (χ0) is 36.2. The van der Waals surface area contributed by atoms with Gasteiger partial charge in [0.1, 0.15) is 17.8 Å². The number of likely N-dealkylation sites (N-methyl/N-ethyl adjacent to an activating group) is 1. The molecule has 0 saturated carbocycles. The Kier molecular flexibility index (Phi) is 11.9. The quantitative estimate of drug-likeness (QED) is 0.257. The first-order valence-electron chi connectivity index (χ1n) is 18.9. The molecule has 0 spiro atoms. The van der Waals surface area contributed by atoms with Crippen LogP contribution in [0.2, 0.25) is 0 Å². The Morgan fingerprint density at radius 3 is 2.24 bits per heavy atom. The van der Waals surface area contributed by atoms with Crippen molar-refractivity contribution in [2.75, 3.05) is 21.2 Å². The Hall–Kier alpha value is -0.890. The molecule has 5 aliphatic rings. The molecule has 18 atom stereocenters. The minimum atomic E-state index is -0.895. The van der Waals surface area contributed by atoms with Crippen LogP contribution in [-0.2, 0) is 42.7 Å². The van der Waals surface area contributed by atoms with Crippen molar-refractivity contribution >= 4 is 5.97 Å². The molecular weight excluding hydrogens is 630 g/mol. The molecule has 5 fully saturated rings. The summed E-state index contributed by atoms with van der Waals surface area (Å²) in [7, 11) is 5.65. The van der Waals surface area contributed by atoms with Gasteiger partial charge in [-0.3, -0.25) is 4.79 Å². The molecular formula is C38H67NO10. The van der Waals surface area contributed by atoms with Crippen LogP contribution in [0.1, 0.15) is 108 Å². The van der Waals surface area contributed by atoms with Crippen molar-refractivity contribution in [1.82, 2.24) is 4.90 Å². The smallest absolute Gasteiger partial charge is 0.311 e. The van der Waals surface area contributed by atoms with Crippen molar-refractivity contribution in [3.8, 4) is 0 Å². The van der Waals surface area contributed by atoms with Crippen LogP contribution in [0.5, 0.6) is 0 Å². The highest BCUT2D eigenvalue weighted by Gasteiger charge is 2.64. The summed E-state index contributed by atoms with van der Waals surface area (Å²) in [6.07, 6.45) is -0.0870. The third-order valence-corrected chi connectivity index (χ3v) is 12.5. The Labute approximate surface area is 295 Å². The third kappa shape index (κ3) is 7.91. The summed E-state index contributed by atoms with van der Waals surface area (Å²) in [5.41, 5.74) is -1.82. The summed E-state index contributed by atoms with van der Waals surface area (Å²) in [5.74, 6) is -1.43. The van der Waals surface area contributed by atoms with Crippen molar-refractivity contribution in [3.63, 3.8) is 0 Å². The predicted octanol–water partition coefficient (Wildman–Crippen LogP) is 5.09. The Morgan fingerprint density at radius 1 is 0.918 bits per heavy atom. The van der Waals surface area contributed by atoms with Gasteiger partial charge in [-0.1, -0.05) is 34.1 Å². The molecule has 11 heteroatoms. The lowest BCUT2D eigenvalue weighted by molar-refractivity contribution is -0.310. The number of methoxy groups -OCH3 is 1. The number of aliphatic hydroxyl groups is 1. The first-order chi connectivity index (χ1) is 22.9. The minimum Gasteiger partial charge on any atom is -0.459 e. The van der Waals surface area contributed by atoms with Crippen molar-refractivity contribution in [2.45, 2.75) is 192 Å². The molecule has 0 aromatic heterocycles. The molecule has 1 N–H and O–H groups in total. The first-order valence-corrected chi connectivity index (χ1v) is 18.9. The number of cyclic esters (lactones) is 1. The largest absolute Gasteiger partial charge is 0.459 e. The predicted molar refractivity (Wildman–Crippen MR) is 184 cm³/mol. The van der Waals surface area contributed by atoms with Gasteiger partial charge in [-0.25, -0.2) is 0 Å². The van der Waals surface area contributed by atoms with Crippen LogP contribution in [-0.4, -0.2) is 121 Å². The van der Waals surface area contributed by atoms with Gasteiger partial charge in [0.15, 0.2) is 12.6 Å². The number of esters is 1. The second-order valence-corrected chi connectivity index (χ2v) is 17.2. The fourth-order valence-electron chi connectivity index (χ4n) is 9.77. The van der Waals surface area contributed by atoms with Gasteiger partial charge in [-0.05, 0) is 80.8 Å². The number of nitrogens with zero attached hydrogens (tertiary/aromatic N) is 1. The standard InChI is InChI=1S/C38H67NO10/c1-14-15-27-38(10,48-27)33-23(5)30-20(2)17-37(9,49-30)32(47-35-29(40)26(39(11)12)16-21(3)44-35)24(6)31(25(7)34(41)46-33)45-28-19-36(8,42-13)18-22(4)43-28/h20-33,35,40H,14-19H2,1-13H3/t20-,21?,22?,23+,24+,25-,26?,27+,28?,29?,30-,31+,32-,33-,35?,36?,37-,38-/m1/s1. The highest BCUT2D eigenvalue weighted by Crippen LogP contribution is 2.52. The lowest BCUT2D eigenvalue weighted by Crippen LogP contribution is -2.59. The minimum absolute atomic E-state index is 0.0174. The van der Waals surface area contributed by atoms with Crippen LogP contribution >= 0.6 is 0 Å². The second-order valence-electron chi connectivity index (χ2n) is 17.2. The van der Waals surface area contributed by atoms with Crippen LogP contribution in [0.4, 0.5) is 0 Å². The number of rotatable bonds is 9. The summed E-state index contributed by atoms with van der Waals surface area (Å²) < 4.78 is 52.6. The Morgan fingerprint density at radius 2 is 1.61 bits per heavy atom. The molecule has 5 saturated heterocycles. The van der Waals surface area contributed by atoms with Gasteiger partial charge in [-0.2, -0.15) is 0 Å². The number of fused-ring (bicyclic) bond motifs is 2. The van der Waals surface area contributed by atoms with E-state index in [1.165, 1.54) is 0 Å². The van der Waals surface area contributed by atoms with Crippen molar-refractivity contribution in [1.29, 1.82) is 0 Å². The Balaban J connectivity index is 1.55. The van der Waals surface area contributed by atoms with E-state index in [2.05, 4.69) is 48.5 Å². The number of aliphatic hydroxyl groups excluding tert-OH is 1. The van der Waals surface area contributed by atoms with E-state index in [0.717, 1.165) is 19.3 Å². The number of epoxide rings is 1. The molecule has 0 aromatic carbocycles. The first kappa shape index (κ1) is 39.3. The van der Waals surface area contributed by atoms with E-state index in [4.69, 9.17) is 37.9 Å². The number of hydrogen-bond acceptors (Lipinski definition) is 11. The van der Waals surface area contributed by atoms with Gasteiger partial charge >= 0.3 is 5.97 Å². The van der Waals surface area contributed by atoms with Gasteiger partial charge in [0.05, 0.1) is 53.7 Å². The van der Waals surface area contributed by atoms with Crippen LogP contribution in [0.3, 0.4) is 0 Å². The van der Waals surface area contributed by atoms with Gasteiger partial charge in [0, 0.05) is 37.8 Å². The van der Waals surface area contributed by atoms with E-state index in [9.17, 15) is 9.90 Å². The molecule has 0 radical (unpaired) electrons. The average molecular weight is 698 g/mol. The summed E-state index contributed by atoms with van der Waals surface area (Å²) in [6, 6.07) is -0.142. The van der Waals surface area contributed by atoms with Crippen molar-refractivity contribution in [2.24, 2.45) is 23.7 Å². The summed E-state index contributed by atoms with van der Waals surface area (Å²) >= 11 is 0. The fraction of sp³-hybridized carbons (Fsp3) is 0.974. The maximum Gasteiger partial charge on any atom is 0.311 e. The average Bonchev–Trinajstić information content (AvgIpc) is 3.57. The van der Waals surface area contributed by atoms with Gasteiger partial charge in [0.25, 0.3) is 0 Å². The van der Waals surface area contributed by atoms with E-state index in [-0.39, 0.29) is 48.3 Å². The Bertz CT molecular complexity index is 1140. The molecule has 7 unspecified atom stereocenters. The maximum atomic E-state index is 14.4. The van der Waals surface area contributed by atoms with E-state index in [1.807, 2.05) is 39.8 Å². The molecule has 284 valence electrons. The lowest BCUT2D eigenvalue weighted by Gasteiger charge is -2.48. The van der Waals surface area contributed by atoms with Crippen molar-refractivity contribution in [3.05, 3.63) is 0 Å². The molecule has 49 heavy (non-hydrogen) atoms. The number of hydrogen-bond donors (Lipinski definition) is 1. The highest BCUT2D eigenvalue weighted by molar-refractivity contribution is 5.73. The SMILES string of the molecule is CCC[C@@H]1O[C@@]1(C)[C@@H]1OC(=O)[C@H](C)[C@@H](OC2CC(C)(OC)CC(C)O2)[C@H](C)[C@@H](OC2OC(C)CC(N(C)C)C2O)[C@@]2(C)C[C@@H](C)[C@@H](O2)[C@@H]1C. The normalized spacial score (nSPS) is 52.5. The molecule has 0 aromatic rings. The molecule has 5 heterocycles. The zero-order valence-electron chi connectivity index (χ0n) is 32.5. The van der Waals surface area contributed by atoms with Gasteiger partial charge in [0.2, 0.25) is 0 Å². The number of carbonyl (C=O) groups is 1. The number of ether oxygens (including phenoxy) is 8. The van der Waals surface area contributed by atoms with Crippen LogP contribution < -0.4 is 0 Å². The summed E-state index contributed by atoms with van der Waals surface area (Å²) in [5, 5.41) is 11.6. The maximum absolute atomic E-state index is 14.4. The van der Waals surface area contributed by atoms with Gasteiger partial charge in [-0.15, -0.1) is 0 Å². The highest BCUT2D eigenvalue weighted by atomic mass is 16.7. The van der Waals surface area contributed by atoms with E-state index in [1.54, 1.807) is 7.11 Å². The third-order valence-electron chi connectivity index (χ3n) is 12.5. The second kappa shape index (κ2) is 14.9. The molecule has 11 nitrogen and oxygen atoms in total. The van der Waals surface area contributed by atoms with E-state index < -0.39 is 65.6 Å². The van der Waals surface area contributed by atoms with Crippen LogP contribution in [0, 0.1) is 23.7 Å². The lowest BCUT2D eigenvalue weighted by atomic mass is 9.77. The molecule has 2 bridgehead atoms. The number of carbonyl (C=O) groups excluding carboxylic acids is 1. The van der Waals surface area contributed by atoms with Crippen LogP contribution in [0.15, 0.2) is 0 Å². The molecule has 0 amide bonds. The summed E-state index contributed by atoms with van der Waals surface area (Å²) in [6.45, 7) is 20.7. The van der Waals surface area contributed by atoms with Crippen LogP contribution in [0.25, 0.3) is 0 Å². The zero-order valence-corrected chi connectivity index (χ0v) is 32.5. The molecule has 0 aliphatic carbocycles.